The van der Waals surface area contributed by atoms with Crippen LogP contribution in [0.3, 0.4) is 0 Å². The Hall–Kier alpha value is -1.63. The summed E-state index contributed by atoms with van der Waals surface area (Å²) in [6.07, 6.45) is -0.669. The van der Waals surface area contributed by atoms with Crippen molar-refractivity contribution in [2.24, 2.45) is 0 Å². The van der Waals surface area contributed by atoms with Crippen LogP contribution in [0, 0.1) is 0 Å². The van der Waals surface area contributed by atoms with Crippen LogP contribution in [0.1, 0.15) is 24.2 Å². The Kier molecular flexibility index (Phi) is 8.50. The molecule has 1 aromatic carbocycles. The molecule has 0 aliphatic carbocycles. The second-order valence-corrected chi connectivity index (χ2v) is 4.83. The second-order valence-electron chi connectivity index (χ2n) is 4.83. The van der Waals surface area contributed by atoms with E-state index in [0.717, 1.165) is 6.54 Å². The maximum atomic E-state index is 11.6. The first-order chi connectivity index (χ1) is 10.6. The van der Waals surface area contributed by atoms with E-state index < -0.39 is 12.1 Å². The van der Waals surface area contributed by atoms with Crippen LogP contribution < -0.4 is 4.74 Å². The van der Waals surface area contributed by atoms with E-state index in [-0.39, 0.29) is 13.2 Å². The Labute approximate surface area is 131 Å². The van der Waals surface area contributed by atoms with Gasteiger partial charge in [0.1, 0.15) is 18.5 Å². The number of aliphatic hydroxyl groups excluding tert-OH is 2. The zero-order valence-corrected chi connectivity index (χ0v) is 13.2. The zero-order chi connectivity index (χ0) is 16.4. The minimum absolute atomic E-state index is 0.0585. The summed E-state index contributed by atoms with van der Waals surface area (Å²) in [6.45, 7) is 5.90. The van der Waals surface area contributed by atoms with Crippen LogP contribution in [0.5, 0.6) is 5.75 Å². The van der Waals surface area contributed by atoms with E-state index in [9.17, 15) is 9.90 Å². The molecule has 2 N–H and O–H groups in total. The summed E-state index contributed by atoms with van der Waals surface area (Å²) < 4.78 is 10.4. The molecular weight excluding hydrogens is 286 g/mol. The van der Waals surface area contributed by atoms with E-state index in [2.05, 4.69) is 0 Å². The molecule has 0 aliphatic rings. The number of esters is 1. The van der Waals surface area contributed by atoms with Crippen LogP contribution in [-0.4, -0.2) is 66.6 Å². The van der Waals surface area contributed by atoms with Crippen LogP contribution in [0.15, 0.2) is 24.3 Å². The molecule has 0 aromatic heterocycles. The molecule has 1 rings (SSSR count). The molecule has 1 atom stereocenters. The van der Waals surface area contributed by atoms with E-state index in [1.54, 1.807) is 31.2 Å². The minimum atomic E-state index is -0.669. The molecule has 6 heteroatoms. The number of hydrogen-bond acceptors (Lipinski definition) is 6. The van der Waals surface area contributed by atoms with Gasteiger partial charge in [0.25, 0.3) is 0 Å². The number of ether oxygens (including phenoxy) is 2. The molecule has 0 amide bonds. The molecule has 0 bridgehead atoms. The third kappa shape index (κ3) is 6.43. The maximum Gasteiger partial charge on any atom is 0.338 e. The van der Waals surface area contributed by atoms with Gasteiger partial charge in [0, 0.05) is 13.1 Å². The molecule has 0 fully saturated rings. The second kappa shape index (κ2) is 10.2. The van der Waals surface area contributed by atoms with Crippen LogP contribution in [0.25, 0.3) is 0 Å². The molecule has 0 radical (unpaired) electrons. The minimum Gasteiger partial charge on any atom is -0.491 e. The van der Waals surface area contributed by atoms with Gasteiger partial charge in [-0.25, -0.2) is 4.79 Å². The summed E-state index contributed by atoms with van der Waals surface area (Å²) in [6, 6.07) is 6.68. The monoisotopic (exact) mass is 311 g/mol. The van der Waals surface area contributed by atoms with Crippen molar-refractivity contribution in [1.82, 2.24) is 4.90 Å². The van der Waals surface area contributed by atoms with E-state index in [4.69, 9.17) is 14.6 Å². The van der Waals surface area contributed by atoms with E-state index >= 15 is 0 Å². The lowest BCUT2D eigenvalue weighted by Crippen LogP contribution is -2.37. The third-order valence-electron chi connectivity index (χ3n) is 3.12. The van der Waals surface area contributed by atoms with Gasteiger partial charge in [-0.2, -0.15) is 0 Å². The number of aliphatic hydroxyl groups is 2. The summed E-state index contributed by atoms with van der Waals surface area (Å²) in [5, 5.41) is 18.9. The molecule has 6 nitrogen and oxygen atoms in total. The Morgan fingerprint density at radius 2 is 2.14 bits per heavy atom. The molecule has 1 aromatic rings. The number of likely N-dealkylation sites (N-methyl/N-ethyl adjacent to an activating group) is 1. The summed E-state index contributed by atoms with van der Waals surface area (Å²) in [5.41, 5.74) is 0.421. The molecule has 0 saturated carbocycles. The van der Waals surface area contributed by atoms with E-state index in [1.807, 2.05) is 11.8 Å². The summed E-state index contributed by atoms with van der Waals surface area (Å²) in [4.78, 5) is 13.6. The quantitative estimate of drug-likeness (QED) is 0.626. The lowest BCUT2D eigenvalue weighted by atomic mass is 10.2. The molecule has 0 heterocycles. The van der Waals surface area contributed by atoms with Gasteiger partial charge in [0.2, 0.25) is 0 Å². The van der Waals surface area contributed by atoms with Crippen molar-refractivity contribution in [3.63, 3.8) is 0 Å². The van der Waals surface area contributed by atoms with Crippen molar-refractivity contribution in [3.05, 3.63) is 29.8 Å². The first-order valence-electron chi connectivity index (χ1n) is 7.51. The largest absolute Gasteiger partial charge is 0.491 e. The average Bonchev–Trinajstić information content (AvgIpc) is 2.53. The van der Waals surface area contributed by atoms with Crippen LogP contribution in [0.2, 0.25) is 0 Å². The molecule has 0 aliphatic heterocycles. The van der Waals surface area contributed by atoms with Crippen molar-refractivity contribution < 1.29 is 24.5 Å². The highest BCUT2D eigenvalue weighted by Gasteiger charge is 2.12. The number of nitrogens with zero attached hydrogens (tertiary/aromatic N) is 1. The van der Waals surface area contributed by atoms with Gasteiger partial charge >= 0.3 is 5.97 Å². The molecule has 0 saturated heterocycles. The highest BCUT2D eigenvalue weighted by Crippen LogP contribution is 2.14. The molecule has 0 unspecified atom stereocenters. The molecule has 124 valence electrons. The summed E-state index contributed by atoms with van der Waals surface area (Å²) in [7, 11) is 0. The first-order valence-corrected chi connectivity index (χ1v) is 7.51. The van der Waals surface area contributed by atoms with Crippen molar-refractivity contribution in [1.29, 1.82) is 0 Å². The Bertz CT molecular complexity index is 452. The predicted molar refractivity (Wildman–Crippen MR) is 83.1 cm³/mol. The van der Waals surface area contributed by atoms with E-state index in [1.165, 1.54) is 0 Å². The van der Waals surface area contributed by atoms with Gasteiger partial charge in [-0.3, -0.25) is 4.90 Å². The topological polar surface area (TPSA) is 79.2 Å². The fraction of sp³-hybridized carbons (Fsp3) is 0.562. The van der Waals surface area contributed by atoms with Gasteiger partial charge in [-0.05, 0) is 31.7 Å². The molecule has 0 spiro atoms. The fourth-order valence-electron chi connectivity index (χ4n) is 1.99. The van der Waals surface area contributed by atoms with Crippen molar-refractivity contribution in [2.45, 2.75) is 20.0 Å². The third-order valence-corrected chi connectivity index (χ3v) is 3.12. The van der Waals surface area contributed by atoms with Gasteiger partial charge in [-0.1, -0.05) is 13.0 Å². The first kappa shape index (κ1) is 18.4. The Morgan fingerprint density at radius 1 is 1.36 bits per heavy atom. The van der Waals surface area contributed by atoms with Gasteiger partial charge in [-0.15, -0.1) is 0 Å². The lowest BCUT2D eigenvalue weighted by molar-refractivity contribution is 0.0524. The predicted octanol–water partition coefficient (Wildman–Crippen LogP) is 0.917. The fourth-order valence-corrected chi connectivity index (χ4v) is 1.99. The number of hydrogen-bond donors (Lipinski definition) is 2. The van der Waals surface area contributed by atoms with Gasteiger partial charge in [0.05, 0.1) is 18.8 Å². The van der Waals surface area contributed by atoms with Gasteiger partial charge in [0.15, 0.2) is 0 Å². The van der Waals surface area contributed by atoms with Crippen molar-refractivity contribution in [2.75, 3.05) is 39.5 Å². The molecule has 22 heavy (non-hydrogen) atoms. The number of carbonyl (C=O) groups is 1. The summed E-state index contributed by atoms with van der Waals surface area (Å²) in [5.74, 6) is 0.114. The van der Waals surface area contributed by atoms with Crippen LogP contribution in [-0.2, 0) is 4.74 Å². The Morgan fingerprint density at radius 3 is 2.77 bits per heavy atom. The van der Waals surface area contributed by atoms with Crippen molar-refractivity contribution in [3.8, 4) is 5.75 Å². The number of rotatable bonds is 10. The van der Waals surface area contributed by atoms with E-state index in [0.29, 0.717) is 31.0 Å². The zero-order valence-electron chi connectivity index (χ0n) is 13.2. The standard InChI is InChI=1S/C16H25NO5/c1-3-17(8-9-18)11-14(19)12-22-15-7-5-6-13(10-15)16(20)21-4-2/h5-7,10,14,18-19H,3-4,8-9,11-12H2,1-2H3/t14-/m0/s1. The number of carbonyl (C=O) groups excluding carboxylic acids is 1. The lowest BCUT2D eigenvalue weighted by Gasteiger charge is -2.22. The van der Waals surface area contributed by atoms with Crippen LogP contribution >= 0.6 is 0 Å². The highest BCUT2D eigenvalue weighted by atomic mass is 16.5. The number of benzene rings is 1. The SMILES string of the molecule is CCOC(=O)c1cccc(OC[C@@H](O)CN(CC)CCO)c1. The van der Waals surface area contributed by atoms with Gasteiger partial charge < -0.3 is 19.7 Å². The summed E-state index contributed by atoms with van der Waals surface area (Å²) >= 11 is 0. The van der Waals surface area contributed by atoms with Crippen LogP contribution in [0.4, 0.5) is 0 Å². The Balaban J connectivity index is 2.50. The smallest absolute Gasteiger partial charge is 0.338 e. The average molecular weight is 311 g/mol. The normalized spacial score (nSPS) is 12.2. The highest BCUT2D eigenvalue weighted by molar-refractivity contribution is 5.89. The maximum absolute atomic E-state index is 11.6. The van der Waals surface area contributed by atoms with Crippen molar-refractivity contribution >= 4 is 5.97 Å². The molecular formula is C16H25NO5.